The van der Waals surface area contributed by atoms with Crippen molar-refractivity contribution in [3.05, 3.63) is 57.5 Å². The third-order valence-corrected chi connectivity index (χ3v) is 3.24. The van der Waals surface area contributed by atoms with Gasteiger partial charge in [-0.1, -0.05) is 11.6 Å². The van der Waals surface area contributed by atoms with Crippen molar-refractivity contribution < 1.29 is 4.79 Å². The summed E-state index contributed by atoms with van der Waals surface area (Å²) in [7, 11) is 0. The first-order valence-electron chi connectivity index (χ1n) is 4.43. The van der Waals surface area contributed by atoms with E-state index in [1.165, 1.54) is 18.7 Å². The summed E-state index contributed by atoms with van der Waals surface area (Å²) in [5.41, 5.74) is 0.962. The minimum absolute atomic E-state index is 0.144. The van der Waals surface area contributed by atoms with Crippen LogP contribution in [0.1, 0.15) is 15.9 Å². The first kappa shape index (κ1) is 11.2. The molecule has 2 aromatic rings. The maximum Gasteiger partial charge on any atom is 0.196 e. The first-order chi connectivity index (χ1) is 7.68. The Morgan fingerprint density at radius 2 is 1.88 bits per heavy atom. The lowest BCUT2D eigenvalue weighted by atomic mass is 10.1. The Hall–Kier alpha value is -1.26. The molecule has 80 valence electrons. The van der Waals surface area contributed by atoms with Gasteiger partial charge in [-0.05, 0) is 34.1 Å². The number of halogens is 2. The average molecular weight is 298 g/mol. The highest BCUT2D eigenvalue weighted by Crippen LogP contribution is 2.24. The lowest BCUT2D eigenvalue weighted by Gasteiger charge is -2.01. The van der Waals surface area contributed by atoms with E-state index < -0.39 is 0 Å². The normalized spacial score (nSPS) is 10.1. The summed E-state index contributed by atoms with van der Waals surface area (Å²) in [4.78, 5) is 19.5. The maximum atomic E-state index is 12.0. The highest BCUT2D eigenvalue weighted by molar-refractivity contribution is 9.10. The molecule has 0 saturated heterocycles. The van der Waals surface area contributed by atoms with Crippen molar-refractivity contribution in [3.63, 3.8) is 0 Å². The van der Waals surface area contributed by atoms with Crippen LogP contribution in [0.15, 0.2) is 41.4 Å². The highest BCUT2D eigenvalue weighted by atomic mass is 79.9. The Labute approximate surface area is 106 Å². The van der Waals surface area contributed by atoms with E-state index >= 15 is 0 Å². The van der Waals surface area contributed by atoms with E-state index in [2.05, 4.69) is 25.9 Å². The second kappa shape index (κ2) is 4.72. The largest absolute Gasteiger partial charge is 0.288 e. The predicted octanol–water partition coefficient (Wildman–Crippen LogP) is 3.12. The van der Waals surface area contributed by atoms with Gasteiger partial charge in [-0.3, -0.25) is 4.79 Å². The molecule has 0 fully saturated rings. The van der Waals surface area contributed by atoms with Gasteiger partial charge in [0, 0.05) is 22.4 Å². The number of hydrogen-bond donors (Lipinski definition) is 0. The number of nitrogens with zero attached hydrogens (tertiary/aromatic N) is 2. The molecule has 0 aliphatic rings. The lowest BCUT2D eigenvalue weighted by molar-refractivity contribution is 0.103. The van der Waals surface area contributed by atoms with Crippen LogP contribution in [-0.4, -0.2) is 15.8 Å². The quantitative estimate of drug-likeness (QED) is 0.800. The maximum absolute atomic E-state index is 12.0. The molecule has 0 spiro atoms. The molecule has 0 bridgehead atoms. The summed E-state index contributed by atoms with van der Waals surface area (Å²) in [5, 5.41) is 0.502. The number of carbonyl (C=O) groups excluding carboxylic acids is 1. The van der Waals surface area contributed by atoms with Crippen molar-refractivity contribution in [1.82, 2.24) is 9.97 Å². The van der Waals surface area contributed by atoms with Crippen LogP contribution in [0, 0.1) is 0 Å². The molecule has 1 aromatic heterocycles. The van der Waals surface area contributed by atoms with E-state index in [4.69, 9.17) is 11.6 Å². The zero-order chi connectivity index (χ0) is 11.5. The van der Waals surface area contributed by atoms with Crippen molar-refractivity contribution in [2.45, 2.75) is 0 Å². The third kappa shape index (κ3) is 2.28. The summed E-state index contributed by atoms with van der Waals surface area (Å²) < 4.78 is 0.759. The molecule has 0 atom stereocenters. The molecular weight excluding hydrogens is 291 g/mol. The van der Waals surface area contributed by atoms with Gasteiger partial charge >= 0.3 is 0 Å². The number of ketones is 1. The Bertz CT molecular complexity index is 531. The van der Waals surface area contributed by atoms with Gasteiger partial charge in [0.2, 0.25) is 0 Å². The molecule has 0 N–H and O–H groups in total. The van der Waals surface area contributed by atoms with E-state index in [0.29, 0.717) is 16.1 Å². The summed E-state index contributed by atoms with van der Waals surface area (Å²) in [6, 6.07) is 5.05. The third-order valence-electron chi connectivity index (χ3n) is 2.00. The van der Waals surface area contributed by atoms with Crippen molar-refractivity contribution in [3.8, 4) is 0 Å². The van der Waals surface area contributed by atoms with Gasteiger partial charge in [-0.15, -0.1) is 0 Å². The standard InChI is InChI=1S/C11H6BrClN2O/c12-9-2-1-7(3-10(9)13)11(16)8-4-14-6-15-5-8/h1-6H. The Kier molecular flexibility index (Phi) is 3.31. The monoisotopic (exact) mass is 296 g/mol. The Morgan fingerprint density at radius 1 is 1.19 bits per heavy atom. The lowest BCUT2D eigenvalue weighted by Crippen LogP contribution is -2.02. The summed E-state index contributed by atoms with van der Waals surface area (Å²) in [6.07, 6.45) is 4.34. The zero-order valence-corrected chi connectivity index (χ0v) is 10.4. The van der Waals surface area contributed by atoms with Gasteiger partial charge < -0.3 is 0 Å². The minimum atomic E-state index is -0.144. The molecular formula is C11H6BrClN2O. The molecule has 0 aliphatic heterocycles. The van der Waals surface area contributed by atoms with Crippen LogP contribution >= 0.6 is 27.5 Å². The van der Waals surface area contributed by atoms with Crippen LogP contribution in [0.5, 0.6) is 0 Å². The molecule has 16 heavy (non-hydrogen) atoms. The second-order valence-electron chi connectivity index (χ2n) is 3.09. The van der Waals surface area contributed by atoms with Gasteiger partial charge in [0.05, 0.1) is 10.6 Å². The number of rotatable bonds is 2. The highest BCUT2D eigenvalue weighted by Gasteiger charge is 2.10. The van der Waals surface area contributed by atoms with Gasteiger partial charge in [0.1, 0.15) is 6.33 Å². The predicted molar refractivity (Wildman–Crippen MR) is 64.6 cm³/mol. The fourth-order valence-corrected chi connectivity index (χ4v) is 1.65. The molecule has 0 saturated carbocycles. The molecule has 0 unspecified atom stereocenters. The Balaban J connectivity index is 2.39. The number of carbonyl (C=O) groups is 1. The van der Waals surface area contributed by atoms with Crippen molar-refractivity contribution in [2.24, 2.45) is 0 Å². The summed E-state index contributed by atoms with van der Waals surface area (Å²) in [5.74, 6) is -0.144. The van der Waals surface area contributed by atoms with Crippen LogP contribution in [-0.2, 0) is 0 Å². The zero-order valence-electron chi connectivity index (χ0n) is 8.02. The fourth-order valence-electron chi connectivity index (χ4n) is 1.22. The summed E-state index contributed by atoms with van der Waals surface area (Å²) in [6.45, 7) is 0. The molecule has 3 nitrogen and oxygen atoms in total. The smallest absolute Gasteiger partial charge is 0.196 e. The van der Waals surface area contributed by atoms with E-state index in [1.807, 2.05) is 0 Å². The van der Waals surface area contributed by atoms with Crippen LogP contribution in [0.25, 0.3) is 0 Å². The summed E-state index contributed by atoms with van der Waals surface area (Å²) >= 11 is 9.18. The SMILES string of the molecule is O=C(c1cncnc1)c1ccc(Br)c(Cl)c1. The van der Waals surface area contributed by atoms with Crippen LogP contribution in [0.4, 0.5) is 0 Å². The molecule has 1 heterocycles. The van der Waals surface area contributed by atoms with Crippen molar-refractivity contribution >= 4 is 33.3 Å². The topological polar surface area (TPSA) is 42.9 Å². The molecule has 0 amide bonds. The van der Waals surface area contributed by atoms with E-state index in [0.717, 1.165) is 4.47 Å². The van der Waals surface area contributed by atoms with E-state index in [9.17, 15) is 4.79 Å². The number of hydrogen-bond acceptors (Lipinski definition) is 3. The van der Waals surface area contributed by atoms with Gasteiger partial charge in [0.15, 0.2) is 5.78 Å². The van der Waals surface area contributed by atoms with E-state index in [-0.39, 0.29) is 5.78 Å². The number of aromatic nitrogens is 2. The first-order valence-corrected chi connectivity index (χ1v) is 5.60. The molecule has 0 radical (unpaired) electrons. The van der Waals surface area contributed by atoms with Gasteiger partial charge in [-0.2, -0.15) is 0 Å². The minimum Gasteiger partial charge on any atom is -0.288 e. The fraction of sp³-hybridized carbons (Fsp3) is 0. The van der Waals surface area contributed by atoms with Gasteiger partial charge in [0.25, 0.3) is 0 Å². The van der Waals surface area contributed by atoms with Crippen LogP contribution in [0.2, 0.25) is 5.02 Å². The molecule has 5 heteroatoms. The Morgan fingerprint density at radius 3 is 2.50 bits per heavy atom. The van der Waals surface area contributed by atoms with Crippen molar-refractivity contribution in [1.29, 1.82) is 0 Å². The molecule has 1 aromatic carbocycles. The van der Waals surface area contributed by atoms with E-state index in [1.54, 1.807) is 18.2 Å². The van der Waals surface area contributed by atoms with Crippen LogP contribution in [0.3, 0.4) is 0 Å². The van der Waals surface area contributed by atoms with Crippen molar-refractivity contribution in [2.75, 3.05) is 0 Å². The van der Waals surface area contributed by atoms with Gasteiger partial charge in [-0.25, -0.2) is 9.97 Å². The number of benzene rings is 1. The molecule has 0 aliphatic carbocycles. The molecule has 2 rings (SSSR count). The second-order valence-corrected chi connectivity index (χ2v) is 4.35. The van der Waals surface area contributed by atoms with Crippen LogP contribution < -0.4 is 0 Å². The average Bonchev–Trinajstić information content (AvgIpc) is 2.33.